The fraction of sp³-hybridized carbons (Fsp3) is 0.364. The van der Waals surface area contributed by atoms with Crippen LogP contribution in [-0.2, 0) is 11.2 Å². The van der Waals surface area contributed by atoms with Crippen LogP contribution in [0.3, 0.4) is 0 Å². The van der Waals surface area contributed by atoms with Crippen LogP contribution in [0.2, 0.25) is 0 Å². The smallest absolute Gasteiger partial charge is 0.238 e. The maximum atomic E-state index is 10.6. The molecular weight excluding hydrogens is 198 g/mol. The molecule has 78 valence electrons. The highest BCUT2D eigenvalue weighted by Gasteiger charge is 2.09. The van der Waals surface area contributed by atoms with Gasteiger partial charge >= 0.3 is 0 Å². The molecule has 2 nitrogen and oxygen atoms in total. The third-order valence-electron chi connectivity index (χ3n) is 1.59. The van der Waals surface area contributed by atoms with Crippen LogP contribution in [0.4, 0.5) is 0 Å². The topological polar surface area (TPSA) is 43.1 Å². The molecule has 0 aliphatic carbocycles. The summed E-state index contributed by atoms with van der Waals surface area (Å²) >= 11 is 5.21. The third kappa shape index (κ3) is 5.00. The lowest BCUT2D eigenvalue weighted by molar-refractivity contribution is -0.112. The predicted octanol–water partition coefficient (Wildman–Crippen LogP) is 2.35. The van der Waals surface area contributed by atoms with E-state index in [1.807, 2.05) is 44.2 Å². The second kappa shape index (κ2) is 7.54. The molecule has 0 bridgehead atoms. The molecule has 1 aromatic rings. The van der Waals surface area contributed by atoms with Gasteiger partial charge in [0.15, 0.2) is 0 Å². The molecule has 0 amide bonds. The van der Waals surface area contributed by atoms with Gasteiger partial charge in [-0.1, -0.05) is 44.2 Å². The monoisotopic (exact) mass is 213 g/mol. The lowest BCUT2D eigenvalue weighted by Gasteiger charge is -2.04. The first-order valence-electron chi connectivity index (χ1n) is 4.69. The van der Waals surface area contributed by atoms with E-state index in [1.54, 1.807) is 0 Å². The zero-order valence-corrected chi connectivity index (χ0v) is 9.29. The molecule has 14 heavy (non-hydrogen) atoms. The van der Waals surface area contributed by atoms with Gasteiger partial charge in [0.25, 0.3) is 0 Å². The molecule has 0 aromatic heterocycles. The summed E-state index contributed by atoms with van der Waals surface area (Å²) in [6, 6.07) is 8.97. The van der Waals surface area contributed by atoms with Gasteiger partial charge in [-0.3, -0.25) is 4.79 Å². The molecule has 0 aliphatic heterocycles. The van der Waals surface area contributed by atoms with Crippen LogP contribution in [0.25, 0.3) is 0 Å². The highest BCUT2D eigenvalue weighted by molar-refractivity contribution is 6.64. The fourth-order valence-electron chi connectivity index (χ4n) is 0.948. The third-order valence-corrected chi connectivity index (χ3v) is 1.87. The van der Waals surface area contributed by atoms with E-state index in [1.165, 1.54) is 0 Å². The summed E-state index contributed by atoms with van der Waals surface area (Å²) in [6.45, 7) is 4.00. The highest BCUT2D eigenvalue weighted by atomic mass is 35.5. The molecule has 0 heterocycles. The van der Waals surface area contributed by atoms with E-state index in [2.05, 4.69) is 0 Å². The van der Waals surface area contributed by atoms with Gasteiger partial charge in [0.05, 0.1) is 6.04 Å². The molecule has 1 rings (SSSR count). The average Bonchev–Trinajstić information content (AvgIpc) is 2.22. The molecule has 0 aliphatic rings. The van der Waals surface area contributed by atoms with Crippen molar-refractivity contribution in [3.63, 3.8) is 0 Å². The van der Waals surface area contributed by atoms with E-state index in [0.717, 1.165) is 5.56 Å². The molecule has 1 atom stereocenters. The molecule has 0 spiro atoms. The summed E-state index contributed by atoms with van der Waals surface area (Å²) < 4.78 is 0. The Bertz CT molecular complexity index is 261. The summed E-state index contributed by atoms with van der Waals surface area (Å²) in [5, 5.41) is -0.487. The van der Waals surface area contributed by atoms with Crippen molar-refractivity contribution in [2.24, 2.45) is 5.73 Å². The number of nitrogens with two attached hydrogens (primary N) is 1. The minimum Gasteiger partial charge on any atom is -0.320 e. The Labute approximate surface area is 90.1 Å². The standard InChI is InChI=1S/C9H10ClNO.C2H6/c10-9(12)8(11)6-7-4-2-1-3-5-7;1-2/h1-5,8H,6,11H2;1-2H3. The SMILES string of the molecule is CC.NC(Cc1ccccc1)C(=O)Cl. The van der Waals surface area contributed by atoms with Gasteiger partial charge in [0.1, 0.15) is 0 Å². The molecule has 0 fully saturated rings. The van der Waals surface area contributed by atoms with Crippen LogP contribution in [-0.4, -0.2) is 11.3 Å². The van der Waals surface area contributed by atoms with E-state index in [0.29, 0.717) is 6.42 Å². The fourth-order valence-corrected chi connectivity index (χ4v) is 1.03. The lowest BCUT2D eigenvalue weighted by atomic mass is 10.1. The Morgan fingerprint density at radius 2 is 1.86 bits per heavy atom. The number of carbonyl (C=O) groups excluding carboxylic acids is 1. The van der Waals surface area contributed by atoms with Crippen molar-refractivity contribution in [3.8, 4) is 0 Å². The van der Waals surface area contributed by atoms with Crippen LogP contribution < -0.4 is 5.73 Å². The Balaban J connectivity index is 0.000000791. The first-order valence-corrected chi connectivity index (χ1v) is 5.07. The molecule has 0 saturated carbocycles. The minimum atomic E-state index is -0.589. The number of benzene rings is 1. The molecule has 2 N–H and O–H groups in total. The molecule has 0 radical (unpaired) electrons. The highest BCUT2D eigenvalue weighted by Crippen LogP contribution is 2.03. The number of hydrogen-bond donors (Lipinski definition) is 1. The summed E-state index contributed by atoms with van der Waals surface area (Å²) in [5.41, 5.74) is 6.49. The van der Waals surface area contributed by atoms with Gasteiger partial charge < -0.3 is 5.73 Å². The predicted molar refractivity (Wildman–Crippen MR) is 60.3 cm³/mol. The van der Waals surface area contributed by atoms with Crippen molar-refractivity contribution < 1.29 is 4.79 Å². The number of halogens is 1. The van der Waals surface area contributed by atoms with E-state index in [-0.39, 0.29) is 0 Å². The Kier molecular flexibility index (Phi) is 7.07. The zero-order chi connectivity index (χ0) is 11.0. The second-order valence-electron chi connectivity index (χ2n) is 2.60. The number of hydrogen-bond acceptors (Lipinski definition) is 2. The largest absolute Gasteiger partial charge is 0.320 e. The van der Waals surface area contributed by atoms with Crippen molar-refractivity contribution in [1.82, 2.24) is 0 Å². The second-order valence-corrected chi connectivity index (χ2v) is 2.97. The van der Waals surface area contributed by atoms with Crippen molar-refractivity contribution in [2.75, 3.05) is 0 Å². The Hall–Kier alpha value is -0.860. The average molecular weight is 214 g/mol. The van der Waals surface area contributed by atoms with E-state index in [4.69, 9.17) is 17.3 Å². The van der Waals surface area contributed by atoms with E-state index < -0.39 is 11.3 Å². The van der Waals surface area contributed by atoms with Crippen LogP contribution >= 0.6 is 11.6 Å². The normalized spacial score (nSPS) is 11.1. The zero-order valence-electron chi connectivity index (χ0n) is 8.53. The molecule has 1 unspecified atom stereocenters. The van der Waals surface area contributed by atoms with Gasteiger partial charge in [-0.05, 0) is 23.6 Å². The molecule has 0 saturated heterocycles. The summed E-state index contributed by atoms with van der Waals surface area (Å²) in [7, 11) is 0. The van der Waals surface area contributed by atoms with Crippen molar-refractivity contribution in [1.29, 1.82) is 0 Å². The molecule has 1 aromatic carbocycles. The maximum Gasteiger partial charge on any atom is 0.238 e. The molecular formula is C11H16ClNO. The Morgan fingerprint density at radius 1 is 1.36 bits per heavy atom. The Morgan fingerprint density at radius 3 is 2.29 bits per heavy atom. The first kappa shape index (κ1) is 13.1. The van der Waals surface area contributed by atoms with Gasteiger partial charge in [-0.2, -0.15) is 0 Å². The van der Waals surface area contributed by atoms with Crippen LogP contribution in [0, 0.1) is 0 Å². The quantitative estimate of drug-likeness (QED) is 0.784. The van der Waals surface area contributed by atoms with Gasteiger partial charge in [0.2, 0.25) is 5.24 Å². The minimum absolute atomic E-state index is 0.487. The lowest BCUT2D eigenvalue weighted by Crippen LogP contribution is -2.29. The number of rotatable bonds is 3. The van der Waals surface area contributed by atoms with Crippen LogP contribution in [0.5, 0.6) is 0 Å². The summed E-state index contributed by atoms with van der Waals surface area (Å²) in [5.74, 6) is 0. The van der Waals surface area contributed by atoms with Crippen LogP contribution in [0.15, 0.2) is 30.3 Å². The van der Waals surface area contributed by atoms with Gasteiger partial charge in [-0.15, -0.1) is 0 Å². The van der Waals surface area contributed by atoms with Gasteiger partial charge in [0, 0.05) is 0 Å². The number of carbonyl (C=O) groups is 1. The van der Waals surface area contributed by atoms with E-state index >= 15 is 0 Å². The van der Waals surface area contributed by atoms with E-state index in [9.17, 15) is 4.79 Å². The maximum absolute atomic E-state index is 10.6. The van der Waals surface area contributed by atoms with Crippen molar-refractivity contribution >= 4 is 16.8 Å². The van der Waals surface area contributed by atoms with Crippen molar-refractivity contribution in [3.05, 3.63) is 35.9 Å². The first-order chi connectivity index (χ1) is 6.70. The summed E-state index contributed by atoms with van der Waals surface area (Å²) in [6.07, 6.45) is 0.503. The summed E-state index contributed by atoms with van der Waals surface area (Å²) in [4.78, 5) is 10.6. The van der Waals surface area contributed by atoms with Gasteiger partial charge in [-0.25, -0.2) is 0 Å². The molecule has 3 heteroatoms. The van der Waals surface area contributed by atoms with Crippen LogP contribution in [0.1, 0.15) is 19.4 Å². The van der Waals surface area contributed by atoms with Crippen molar-refractivity contribution in [2.45, 2.75) is 26.3 Å².